The van der Waals surface area contributed by atoms with Gasteiger partial charge in [0.1, 0.15) is 6.29 Å². The number of carbonyl (C=O) groups excluding carboxylic acids is 2. The summed E-state index contributed by atoms with van der Waals surface area (Å²) in [7, 11) is 0. The minimum absolute atomic E-state index is 0.0987. The average molecular weight is 445 g/mol. The summed E-state index contributed by atoms with van der Waals surface area (Å²) in [6.07, 6.45) is 3.94. The Morgan fingerprint density at radius 3 is 1.90 bits per heavy atom. The SMILES string of the molecule is CC(C)C(C=O)NCCCCCCCCC(NC(=O)O)N[C@H](C(=O)NC(=O)O)C(C)C. The molecule has 3 amide bonds. The minimum Gasteiger partial charge on any atom is -0.465 e. The lowest BCUT2D eigenvalue weighted by Crippen LogP contribution is -2.56. The van der Waals surface area contributed by atoms with Crippen molar-refractivity contribution < 1.29 is 29.4 Å². The standard InChI is InChI=1S/C21H40N4O6/c1-14(2)16(13-26)22-12-10-8-6-5-7-9-11-17(24-20(28)29)23-18(15(3)4)19(27)25-21(30)31/h13-18,22-24H,5-12H2,1-4H3,(H,25,27)(H,28,29)(H,30,31)/t16?,17?,18-/m0/s1. The van der Waals surface area contributed by atoms with Gasteiger partial charge in [0.2, 0.25) is 5.91 Å². The van der Waals surface area contributed by atoms with Crippen molar-refractivity contribution in [1.29, 1.82) is 0 Å². The molecule has 0 spiro atoms. The molecule has 0 heterocycles. The number of hydrogen-bond acceptors (Lipinski definition) is 6. The van der Waals surface area contributed by atoms with Gasteiger partial charge in [0.25, 0.3) is 0 Å². The first-order valence-electron chi connectivity index (χ1n) is 11.1. The van der Waals surface area contributed by atoms with Crippen molar-refractivity contribution in [2.75, 3.05) is 6.54 Å². The highest BCUT2D eigenvalue weighted by molar-refractivity contribution is 5.94. The second kappa shape index (κ2) is 16.5. The summed E-state index contributed by atoms with van der Waals surface area (Å²) in [5, 5.41) is 28.2. The predicted octanol–water partition coefficient (Wildman–Crippen LogP) is 2.53. The van der Waals surface area contributed by atoms with Crippen LogP contribution in [0.4, 0.5) is 9.59 Å². The Kier molecular flexibility index (Phi) is 15.3. The number of rotatable bonds is 17. The molecule has 0 radical (unpaired) electrons. The van der Waals surface area contributed by atoms with E-state index in [1.807, 2.05) is 19.2 Å². The van der Waals surface area contributed by atoms with Gasteiger partial charge in [-0.3, -0.25) is 15.4 Å². The lowest BCUT2D eigenvalue weighted by molar-refractivity contribution is -0.123. The van der Waals surface area contributed by atoms with E-state index in [4.69, 9.17) is 10.2 Å². The Hall–Kier alpha value is -2.20. The Balaban J connectivity index is 4.26. The minimum atomic E-state index is -1.44. The van der Waals surface area contributed by atoms with Gasteiger partial charge in [-0.15, -0.1) is 0 Å². The zero-order chi connectivity index (χ0) is 23.8. The molecule has 6 N–H and O–H groups in total. The Bertz CT molecular complexity index is 556. The van der Waals surface area contributed by atoms with E-state index in [1.54, 1.807) is 13.8 Å². The van der Waals surface area contributed by atoms with Gasteiger partial charge in [-0.2, -0.15) is 0 Å². The first-order chi connectivity index (χ1) is 14.6. The summed E-state index contributed by atoms with van der Waals surface area (Å²) in [5.41, 5.74) is 0. The largest absolute Gasteiger partial charge is 0.465 e. The van der Waals surface area contributed by atoms with Gasteiger partial charge in [-0.25, -0.2) is 9.59 Å². The number of carbonyl (C=O) groups is 4. The third-order valence-electron chi connectivity index (χ3n) is 5.02. The van der Waals surface area contributed by atoms with Gasteiger partial charge in [0.05, 0.1) is 18.2 Å². The molecule has 180 valence electrons. The van der Waals surface area contributed by atoms with E-state index in [1.165, 1.54) is 0 Å². The van der Waals surface area contributed by atoms with Crippen LogP contribution in [0.25, 0.3) is 0 Å². The number of nitrogens with one attached hydrogen (secondary N) is 4. The average Bonchev–Trinajstić information content (AvgIpc) is 2.65. The molecule has 0 fully saturated rings. The van der Waals surface area contributed by atoms with Crippen molar-refractivity contribution in [2.45, 2.75) is 90.9 Å². The lowest BCUT2D eigenvalue weighted by atomic mass is 10.0. The third kappa shape index (κ3) is 14.4. The molecule has 0 aliphatic carbocycles. The maximum absolute atomic E-state index is 12.1. The summed E-state index contributed by atoms with van der Waals surface area (Å²) in [5.74, 6) is -0.646. The van der Waals surface area contributed by atoms with Crippen LogP contribution in [0.1, 0.15) is 72.6 Å². The second-order valence-electron chi connectivity index (χ2n) is 8.45. The normalized spacial score (nSPS) is 14.1. The van der Waals surface area contributed by atoms with E-state index in [9.17, 15) is 19.2 Å². The van der Waals surface area contributed by atoms with Crippen molar-refractivity contribution in [2.24, 2.45) is 11.8 Å². The van der Waals surface area contributed by atoms with E-state index in [-0.39, 0.29) is 17.9 Å². The van der Waals surface area contributed by atoms with E-state index in [0.29, 0.717) is 6.42 Å². The van der Waals surface area contributed by atoms with Crippen molar-refractivity contribution in [3.63, 3.8) is 0 Å². The van der Waals surface area contributed by atoms with Crippen LogP contribution in [0.15, 0.2) is 0 Å². The lowest BCUT2D eigenvalue weighted by Gasteiger charge is -2.27. The fraction of sp³-hybridized carbons (Fsp3) is 0.810. The zero-order valence-corrected chi connectivity index (χ0v) is 19.1. The Morgan fingerprint density at radius 1 is 0.839 bits per heavy atom. The van der Waals surface area contributed by atoms with Crippen LogP contribution in [0.2, 0.25) is 0 Å². The number of amides is 3. The topological polar surface area (TPSA) is 157 Å². The van der Waals surface area contributed by atoms with Crippen LogP contribution in [0.5, 0.6) is 0 Å². The van der Waals surface area contributed by atoms with Crippen molar-refractivity contribution in [3.05, 3.63) is 0 Å². The first-order valence-corrected chi connectivity index (χ1v) is 11.1. The summed E-state index contributed by atoms with van der Waals surface area (Å²) in [4.78, 5) is 44.8. The number of carboxylic acid groups (broad SMARTS) is 2. The highest BCUT2D eigenvalue weighted by atomic mass is 16.4. The van der Waals surface area contributed by atoms with Crippen LogP contribution in [0, 0.1) is 11.8 Å². The highest BCUT2D eigenvalue weighted by Crippen LogP contribution is 2.10. The molecule has 31 heavy (non-hydrogen) atoms. The van der Waals surface area contributed by atoms with Crippen LogP contribution in [-0.4, -0.2) is 59.4 Å². The highest BCUT2D eigenvalue weighted by Gasteiger charge is 2.27. The molecule has 0 saturated heterocycles. The van der Waals surface area contributed by atoms with Crippen molar-refractivity contribution >= 4 is 24.4 Å². The van der Waals surface area contributed by atoms with Gasteiger partial charge in [0, 0.05) is 0 Å². The summed E-state index contributed by atoms with van der Waals surface area (Å²) < 4.78 is 0. The van der Waals surface area contributed by atoms with Gasteiger partial charge in [-0.05, 0) is 31.2 Å². The molecule has 0 rings (SSSR count). The quantitative estimate of drug-likeness (QED) is 0.113. The zero-order valence-electron chi connectivity index (χ0n) is 19.1. The van der Waals surface area contributed by atoms with E-state index in [0.717, 1.165) is 51.4 Å². The molecule has 0 aliphatic rings. The second-order valence-corrected chi connectivity index (χ2v) is 8.45. The molecule has 2 unspecified atom stereocenters. The van der Waals surface area contributed by atoms with Crippen LogP contribution in [-0.2, 0) is 9.59 Å². The molecule has 0 saturated carbocycles. The Morgan fingerprint density at radius 2 is 1.42 bits per heavy atom. The predicted molar refractivity (Wildman–Crippen MR) is 118 cm³/mol. The monoisotopic (exact) mass is 444 g/mol. The number of imide groups is 1. The fourth-order valence-electron chi connectivity index (χ4n) is 3.21. The molecule has 0 aromatic rings. The molecular weight excluding hydrogens is 404 g/mol. The summed E-state index contributed by atoms with van der Waals surface area (Å²) >= 11 is 0. The maximum atomic E-state index is 12.1. The maximum Gasteiger partial charge on any atom is 0.411 e. The van der Waals surface area contributed by atoms with E-state index >= 15 is 0 Å². The molecule has 10 nitrogen and oxygen atoms in total. The fourth-order valence-corrected chi connectivity index (χ4v) is 3.21. The van der Waals surface area contributed by atoms with Gasteiger partial charge in [-0.1, -0.05) is 59.8 Å². The van der Waals surface area contributed by atoms with Gasteiger partial charge < -0.3 is 25.6 Å². The Labute approximate surface area is 184 Å². The smallest absolute Gasteiger partial charge is 0.411 e. The first kappa shape index (κ1) is 28.8. The number of unbranched alkanes of at least 4 members (excludes halogenated alkanes) is 5. The van der Waals surface area contributed by atoms with Gasteiger partial charge in [0.15, 0.2) is 0 Å². The summed E-state index contributed by atoms with van der Waals surface area (Å²) in [6, 6.07) is -0.931. The van der Waals surface area contributed by atoms with E-state index < -0.39 is 30.3 Å². The van der Waals surface area contributed by atoms with Crippen molar-refractivity contribution in [3.8, 4) is 0 Å². The molecular formula is C21H40N4O6. The number of hydrogen-bond donors (Lipinski definition) is 6. The third-order valence-corrected chi connectivity index (χ3v) is 5.02. The molecule has 0 aromatic heterocycles. The number of aldehydes is 1. The molecule has 10 heteroatoms. The molecule has 3 atom stereocenters. The van der Waals surface area contributed by atoms with Crippen LogP contribution < -0.4 is 21.3 Å². The van der Waals surface area contributed by atoms with Gasteiger partial charge >= 0.3 is 12.2 Å². The van der Waals surface area contributed by atoms with Crippen LogP contribution in [0.3, 0.4) is 0 Å². The van der Waals surface area contributed by atoms with E-state index in [2.05, 4.69) is 16.0 Å². The summed E-state index contributed by atoms with van der Waals surface area (Å²) in [6.45, 7) is 8.34. The molecule has 0 aromatic carbocycles. The van der Waals surface area contributed by atoms with Crippen LogP contribution >= 0.6 is 0 Å². The van der Waals surface area contributed by atoms with Crippen molar-refractivity contribution in [1.82, 2.24) is 21.3 Å². The molecule has 0 aliphatic heterocycles. The molecule has 0 bridgehead atoms.